The molecule has 7 nitrogen and oxygen atoms in total. The maximum absolute atomic E-state index is 13.2. The van der Waals surface area contributed by atoms with Gasteiger partial charge in [0, 0.05) is 25.0 Å². The minimum atomic E-state index is -3.63. The van der Waals surface area contributed by atoms with Crippen LogP contribution >= 0.6 is 0 Å². The van der Waals surface area contributed by atoms with Crippen LogP contribution in [-0.2, 0) is 10.0 Å². The third-order valence-corrected chi connectivity index (χ3v) is 6.21. The second-order valence-electron chi connectivity index (χ2n) is 6.13. The van der Waals surface area contributed by atoms with Crippen LogP contribution in [0.2, 0.25) is 0 Å². The molecule has 0 bridgehead atoms. The van der Waals surface area contributed by atoms with Crippen LogP contribution in [0.25, 0.3) is 5.69 Å². The third-order valence-electron chi connectivity index (χ3n) is 4.33. The molecule has 4 rings (SSSR count). The summed E-state index contributed by atoms with van der Waals surface area (Å²) in [6, 6.07) is 12.6. The molecule has 0 amide bonds. The van der Waals surface area contributed by atoms with Crippen LogP contribution in [0, 0.1) is 5.95 Å². The Morgan fingerprint density at radius 3 is 2.63 bits per heavy atom. The summed E-state index contributed by atoms with van der Waals surface area (Å²) in [5, 5.41) is 4.12. The van der Waals surface area contributed by atoms with E-state index in [-0.39, 0.29) is 23.4 Å². The van der Waals surface area contributed by atoms with Crippen LogP contribution in [0.5, 0.6) is 5.88 Å². The van der Waals surface area contributed by atoms with Gasteiger partial charge in [-0.2, -0.15) is 18.8 Å². The molecule has 27 heavy (non-hydrogen) atoms. The van der Waals surface area contributed by atoms with E-state index in [0.717, 1.165) is 5.69 Å². The van der Waals surface area contributed by atoms with Gasteiger partial charge in [-0.1, -0.05) is 6.07 Å². The molecule has 3 aromatic rings. The van der Waals surface area contributed by atoms with Crippen LogP contribution in [-0.4, -0.2) is 46.7 Å². The number of nitrogens with zero attached hydrogens (tertiary/aromatic N) is 4. The van der Waals surface area contributed by atoms with Crippen LogP contribution < -0.4 is 4.74 Å². The smallest absolute Gasteiger partial charge is 0.243 e. The maximum Gasteiger partial charge on any atom is 0.243 e. The number of hydrogen-bond acceptors (Lipinski definition) is 5. The standard InChI is InChI=1S/C18H17FN4O3S/c19-17-3-1-4-18(21-17)26-15-9-12-22(13-15)27(24,25)16-7-5-14(6-8-16)23-11-2-10-20-23/h1-8,10-11,15H,9,12-13H2. The lowest BCUT2D eigenvalue weighted by molar-refractivity contribution is 0.204. The van der Waals surface area contributed by atoms with Gasteiger partial charge in [-0.25, -0.2) is 13.1 Å². The summed E-state index contributed by atoms with van der Waals surface area (Å²) in [6.07, 6.45) is 3.59. The average Bonchev–Trinajstić information content (AvgIpc) is 3.34. The molecule has 1 saturated heterocycles. The second-order valence-corrected chi connectivity index (χ2v) is 8.07. The van der Waals surface area contributed by atoms with Gasteiger partial charge in [0.25, 0.3) is 0 Å². The van der Waals surface area contributed by atoms with E-state index in [1.54, 1.807) is 53.5 Å². The summed E-state index contributed by atoms with van der Waals surface area (Å²) in [6.45, 7) is 0.532. The van der Waals surface area contributed by atoms with Crippen molar-refractivity contribution >= 4 is 10.0 Å². The van der Waals surface area contributed by atoms with Crippen molar-refractivity contribution in [1.82, 2.24) is 19.1 Å². The molecule has 1 aliphatic rings. The Morgan fingerprint density at radius 2 is 1.93 bits per heavy atom. The fraction of sp³-hybridized carbons (Fsp3) is 0.222. The van der Waals surface area contributed by atoms with Crippen molar-refractivity contribution in [3.8, 4) is 11.6 Å². The second kappa shape index (κ2) is 7.09. The fourth-order valence-corrected chi connectivity index (χ4v) is 4.47. The Kier molecular flexibility index (Phi) is 4.63. The molecule has 1 aliphatic heterocycles. The topological polar surface area (TPSA) is 77.3 Å². The lowest BCUT2D eigenvalue weighted by atomic mass is 10.3. The zero-order valence-electron chi connectivity index (χ0n) is 14.3. The van der Waals surface area contributed by atoms with E-state index in [4.69, 9.17) is 4.74 Å². The van der Waals surface area contributed by atoms with Crippen molar-refractivity contribution in [3.63, 3.8) is 0 Å². The zero-order valence-corrected chi connectivity index (χ0v) is 15.1. The number of benzene rings is 1. The third kappa shape index (κ3) is 3.69. The van der Waals surface area contributed by atoms with Gasteiger partial charge in [0.15, 0.2) is 0 Å². The molecule has 1 unspecified atom stereocenters. The minimum Gasteiger partial charge on any atom is -0.473 e. The first-order valence-electron chi connectivity index (χ1n) is 8.42. The maximum atomic E-state index is 13.2. The molecule has 0 spiro atoms. The summed E-state index contributed by atoms with van der Waals surface area (Å²) < 4.78 is 47.5. The minimum absolute atomic E-state index is 0.155. The van der Waals surface area contributed by atoms with E-state index in [2.05, 4.69) is 10.1 Å². The van der Waals surface area contributed by atoms with E-state index in [1.165, 1.54) is 16.4 Å². The number of aromatic nitrogens is 3. The number of sulfonamides is 1. The van der Waals surface area contributed by atoms with Crippen LogP contribution in [0.3, 0.4) is 0 Å². The first kappa shape index (κ1) is 17.6. The molecule has 1 fully saturated rings. The number of ether oxygens (including phenoxy) is 1. The first-order valence-corrected chi connectivity index (χ1v) is 9.86. The molecule has 0 N–H and O–H groups in total. The highest BCUT2D eigenvalue weighted by Crippen LogP contribution is 2.24. The van der Waals surface area contributed by atoms with Gasteiger partial charge < -0.3 is 4.74 Å². The molecular formula is C18H17FN4O3S. The van der Waals surface area contributed by atoms with Crippen molar-refractivity contribution in [2.45, 2.75) is 17.4 Å². The summed E-state index contributed by atoms with van der Waals surface area (Å²) in [7, 11) is -3.63. The molecule has 0 aliphatic carbocycles. The monoisotopic (exact) mass is 388 g/mol. The molecule has 1 aromatic carbocycles. The zero-order chi connectivity index (χ0) is 18.9. The lowest BCUT2D eigenvalue weighted by Gasteiger charge is -2.17. The van der Waals surface area contributed by atoms with Gasteiger partial charge in [-0.15, -0.1) is 0 Å². The van der Waals surface area contributed by atoms with Crippen molar-refractivity contribution in [3.05, 3.63) is 66.9 Å². The van der Waals surface area contributed by atoms with E-state index < -0.39 is 16.0 Å². The highest BCUT2D eigenvalue weighted by Gasteiger charge is 2.33. The van der Waals surface area contributed by atoms with Gasteiger partial charge >= 0.3 is 0 Å². The quantitative estimate of drug-likeness (QED) is 0.627. The Hall–Kier alpha value is -2.78. The van der Waals surface area contributed by atoms with Gasteiger partial charge in [0.05, 0.1) is 17.1 Å². The SMILES string of the molecule is O=S(=O)(c1ccc(-n2cccn2)cc1)N1CCC(Oc2cccc(F)n2)C1. The van der Waals surface area contributed by atoms with E-state index in [0.29, 0.717) is 13.0 Å². The average molecular weight is 388 g/mol. The molecule has 0 saturated carbocycles. The van der Waals surface area contributed by atoms with Crippen molar-refractivity contribution in [2.24, 2.45) is 0 Å². The Balaban J connectivity index is 1.46. The van der Waals surface area contributed by atoms with Crippen LogP contribution in [0.15, 0.2) is 65.8 Å². The van der Waals surface area contributed by atoms with Crippen LogP contribution in [0.1, 0.15) is 6.42 Å². The van der Waals surface area contributed by atoms with Crippen molar-refractivity contribution in [1.29, 1.82) is 0 Å². The Bertz CT molecular complexity index is 1020. The van der Waals surface area contributed by atoms with Crippen molar-refractivity contribution < 1.29 is 17.5 Å². The molecule has 0 radical (unpaired) electrons. The Labute approximate surface area is 156 Å². The number of rotatable bonds is 5. The predicted molar refractivity (Wildman–Crippen MR) is 95.6 cm³/mol. The van der Waals surface area contributed by atoms with Gasteiger partial charge in [0.2, 0.25) is 21.9 Å². The predicted octanol–water partition coefficient (Wildman–Crippen LogP) is 2.25. The molecule has 140 valence electrons. The summed E-state index contributed by atoms with van der Waals surface area (Å²) in [5.74, 6) is -0.477. The van der Waals surface area contributed by atoms with E-state index in [9.17, 15) is 12.8 Å². The number of pyridine rings is 1. The number of halogens is 1. The van der Waals surface area contributed by atoms with Crippen molar-refractivity contribution in [2.75, 3.05) is 13.1 Å². The van der Waals surface area contributed by atoms with Crippen LogP contribution in [0.4, 0.5) is 4.39 Å². The van der Waals surface area contributed by atoms with Gasteiger partial charge in [0.1, 0.15) is 6.10 Å². The molecule has 1 atom stereocenters. The summed E-state index contributed by atoms with van der Waals surface area (Å²) in [4.78, 5) is 3.86. The summed E-state index contributed by atoms with van der Waals surface area (Å²) >= 11 is 0. The molecule has 2 aromatic heterocycles. The normalized spacial score (nSPS) is 17.9. The van der Waals surface area contributed by atoms with Gasteiger partial charge in [-0.05, 0) is 42.8 Å². The van der Waals surface area contributed by atoms with Gasteiger partial charge in [-0.3, -0.25) is 0 Å². The fourth-order valence-electron chi connectivity index (χ4n) is 2.98. The first-order chi connectivity index (χ1) is 13.0. The molecule has 3 heterocycles. The largest absolute Gasteiger partial charge is 0.473 e. The highest BCUT2D eigenvalue weighted by molar-refractivity contribution is 7.89. The highest BCUT2D eigenvalue weighted by atomic mass is 32.2. The molecular weight excluding hydrogens is 371 g/mol. The number of hydrogen-bond donors (Lipinski definition) is 0. The molecule has 9 heteroatoms. The lowest BCUT2D eigenvalue weighted by Crippen LogP contribution is -2.31. The van der Waals surface area contributed by atoms with E-state index >= 15 is 0 Å². The van der Waals surface area contributed by atoms with E-state index in [1.807, 2.05) is 0 Å². The summed E-state index contributed by atoms with van der Waals surface area (Å²) in [5.41, 5.74) is 0.777. The Morgan fingerprint density at radius 1 is 1.11 bits per heavy atom.